The van der Waals surface area contributed by atoms with Crippen LogP contribution in [0.25, 0.3) is 0 Å². The second-order valence-electron chi connectivity index (χ2n) is 8.64. The number of benzene rings is 1. The van der Waals surface area contributed by atoms with Gasteiger partial charge in [0.1, 0.15) is 5.75 Å². The van der Waals surface area contributed by atoms with Gasteiger partial charge in [0.15, 0.2) is 0 Å². The molecule has 4 rings (SSSR count). The predicted molar refractivity (Wildman–Crippen MR) is 126 cm³/mol. The fraction of sp³-hybridized carbons (Fsp3) is 0.696. The van der Waals surface area contributed by atoms with Gasteiger partial charge in [-0.05, 0) is 49.3 Å². The molecule has 1 heterocycles. The minimum Gasteiger partial charge on any atom is -0.496 e. The Morgan fingerprint density at radius 2 is 1.77 bits per heavy atom. The van der Waals surface area contributed by atoms with Crippen molar-refractivity contribution >= 4 is 30.7 Å². The lowest BCUT2D eigenvalue weighted by Gasteiger charge is -2.40. The third-order valence-electron chi connectivity index (χ3n) is 6.88. The largest absolute Gasteiger partial charge is 0.496 e. The Balaban J connectivity index is 0.00000160. The summed E-state index contributed by atoms with van der Waals surface area (Å²) in [6.07, 6.45) is 10.1. The van der Waals surface area contributed by atoms with Gasteiger partial charge < -0.3 is 10.1 Å². The molecule has 0 unspecified atom stereocenters. The van der Waals surface area contributed by atoms with E-state index in [0.29, 0.717) is 6.54 Å². The quantitative estimate of drug-likeness (QED) is 0.725. The van der Waals surface area contributed by atoms with Gasteiger partial charge in [-0.1, -0.05) is 31.4 Å². The molecule has 1 saturated carbocycles. The first-order valence-electron chi connectivity index (χ1n) is 11.2. The molecule has 5 nitrogen and oxygen atoms in total. The van der Waals surface area contributed by atoms with Crippen LogP contribution in [0.4, 0.5) is 0 Å². The molecule has 0 aromatic heterocycles. The summed E-state index contributed by atoms with van der Waals surface area (Å²) in [4.78, 5) is 17.7. The maximum Gasteiger partial charge on any atom is 0.234 e. The Morgan fingerprint density at radius 3 is 2.47 bits per heavy atom. The molecule has 30 heavy (non-hydrogen) atoms. The maximum atomic E-state index is 12.7. The zero-order valence-electron chi connectivity index (χ0n) is 18.1. The third kappa shape index (κ3) is 6.03. The molecule has 1 atom stereocenters. The van der Waals surface area contributed by atoms with E-state index in [1.54, 1.807) is 7.11 Å². The SMILES string of the molecule is COc1cccc2c1CCC[C@H]2NC(=O)CN1CCN(C2CCCCC2)CC1.Cl.Cl. The zero-order chi connectivity index (χ0) is 19.3. The van der Waals surface area contributed by atoms with Crippen molar-refractivity contribution in [1.29, 1.82) is 0 Å². The van der Waals surface area contributed by atoms with E-state index in [0.717, 1.165) is 57.2 Å². The number of rotatable bonds is 5. The molecule has 1 N–H and O–H groups in total. The van der Waals surface area contributed by atoms with Crippen LogP contribution in [-0.2, 0) is 11.2 Å². The fourth-order valence-electron chi connectivity index (χ4n) is 5.33. The number of ether oxygens (including phenoxy) is 1. The number of carbonyl (C=O) groups excluding carboxylic acids is 1. The molecule has 1 aromatic rings. The van der Waals surface area contributed by atoms with E-state index in [1.807, 2.05) is 12.1 Å². The Labute approximate surface area is 193 Å². The van der Waals surface area contributed by atoms with Crippen molar-refractivity contribution in [2.45, 2.75) is 63.5 Å². The summed E-state index contributed by atoms with van der Waals surface area (Å²) >= 11 is 0. The maximum absolute atomic E-state index is 12.7. The molecule has 3 aliphatic rings. The van der Waals surface area contributed by atoms with Crippen molar-refractivity contribution < 1.29 is 9.53 Å². The Hall–Kier alpha value is -1.01. The first-order valence-corrected chi connectivity index (χ1v) is 11.2. The lowest BCUT2D eigenvalue weighted by molar-refractivity contribution is -0.123. The van der Waals surface area contributed by atoms with Crippen molar-refractivity contribution in [2.24, 2.45) is 0 Å². The molecule has 2 aliphatic carbocycles. The first-order chi connectivity index (χ1) is 13.7. The fourth-order valence-corrected chi connectivity index (χ4v) is 5.33. The molecule has 0 bridgehead atoms. The van der Waals surface area contributed by atoms with Crippen LogP contribution >= 0.6 is 24.8 Å². The molecule has 0 radical (unpaired) electrons. The van der Waals surface area contributed by atoms with Crippen LogP contribution in [0.15, 0.2) is 18.2 Å². The normalized spacial score (nSPS) is 22.9. The number of nitrogens with one attached hydrogen (secondary N) is 1. The topological polar surface area (TPSA) is 44.8 Å². The number of hydrogen-bond acceptors (Lipinski definition) is 4. The number of nitrogens with zero attached hydrogens (tertiary/aromatic N) is 2. The van der Waals surface area contributed by atoms with Crippen LogP contribution in [0.3, 0.4) is 0 Å². The molecular weight excluding hydrogens is 421 g/mol. The highest BCUT2D eigenvalue weighted by molar-refractivity contribution is 5.85. The number of halogens is 2. The predicted octanol–water partition coefficient (Wildman–Crippen LogP) is 3.98. The van der Waals surface area contributed by atoms with Gasteiger partial charge >= 0.3 is 0 Å². The lowest BCUT2D eigenvalue weighted by atomic mass is 9.87. The van der Waals surface area contributed by atoms with Gasteiger partial charge in [-0.25, -0.2) is 0 Å². The highest BCUT2D eigenvalue weighted by Crippen LogP contribution is 2.35. The van der Waals surface area contributed by atoms with E-state index in [-0.39, 0.29) is 36.8 Å². The van der Waals surface area contributed by atoms with Crippen LogP contribution in [-0.4, -0.2) is 61.6 Å². The minimum atomic E-state index is 0. The average molecular weight is 458 g/mol. The van der Waals surface area contributed by atoms with Crippen molar-refractivity contribution in [2.75, 3.05) is 39.8 Å². The van der Waals surface area contributed by atoms with Crippen LogP contribution in [0, 0.1) is 0 Å². The Bertz CT molecular complexity index is 674. The summed E-state index contributed by atoms with van der Waals surface area (Å²) in [5.74, 6) is 1.11. The number of hydrogen-bond donors (Lipinski definition) is 1. The molecule has 1 saturated heterocycles. The van der Waals surface area contributed by atoms with E-state index in [1.165, 1.54) is 43.2 Å². The van der Waals surface area contributed by atoms with Gasteiger partial charge in [-0.3, -0.25) is 14.6 Å². The molecule has 7 heteroatoms. The Kier molecular flexibility index (Phi) is 10.2. The minimum absolute atomic E-state index is 0. The monoisotopic (exact) mass is 457 g/mol. The smallest absolute Gasteiger partial charge is 0.234 e. The van der Waals surface area contributed by atoms with E-state index in [2.05, 4.69) is 21.2 Å². The molecule has 0 spiro atoms. The second-order valence-corrected chi connectivity index (χ2v) is 8.64. The molecule has 1 aromatic carbocycles. The second kappa shape index (κ2) is 12.1. The van der Waals surface area contributed by atoms with Crippen molar-refractivity contribution in [3.63, 3.8) is 0 Å². The average Bonchev–Trinajstić information content (AvgIpc) is 2.74. The highest BCUT2D eigenvalue weighted by Gasteiger charge is 2.27. The van der Waals surface area contributed by atoms with Gasteiger partial charge in [0.25, 0.3) is 0 Å². The van der Waals surface area contributed by atoms with Gasteiger partial charge in [0, 0.05) is 32.2 Å². The van der Waals surface area contributed by atoms with Gasteiger partial charge in [0.05, 0.1) is 19.7 Å². The van der Waals surface area contributed by atoms with Crippen molar-refractivity contribution in [3.8, 4) is 5.75 Å². The van der Waals surface area contributed by atoms with E-state index < -0.39 is 0 Å². The summed E-state index contributed by atoms with van der Waals surface area (Å²) in [7, 11) is 1.73. The van der Waals surface area contributed by atoms with Gasteiger partial charge in [0.2, 0.25) is 5.91 Å². The lowest BCUT2D eigenvalue weighted by Crippen LogP contribution is -2.52. The standard InChI is InChI=1S/C23H35N3O2.2ClH/c1-28-22-12-6-9-19-20(22)10-5-11-21(19)24-23(27)17-25-13-15-26(16-14-25)18-7-3-2-4-8-18;;/h6,9,12,18,21H,2-5,7-8,10-11,13-17H2,1H3,(H,24,27);2*1H/t21-;;/m1../s1. The van der Waals surface area contributed by atoms with Crippen molar-refractivity contribution in [1.82, 2.24) is 15.1 Å². The summed E-state index contributed by atoms with van der Waals surface area (Å²) in [5, 5.41) is 3.30. The number of amides is 1. The van der Waals surface area contributed by atoms with Crippen LogP contribution < -0.4 is 10.1 Å². The Morgan fingerprint density at radius 1 is 1.03 bits per heavy atom. The highest BCUT2D eigenvalue weighted by atomic mass is 35.5. The summed E-state index contributed by atoms with van der Waals surface area (Å²) in [6.45, 7) is 4.77. The number of fused-ring (bicyclic) bond motifs is 1. The number of piperazine rings is 1. The number of methoxy groups -OCH3 is 1. The molecule has 2 fully saturated rings. The summed E-state index contributed by atoms with van der Waals surface area (Å²) < 4.78 is 5.52. The molecule has 1 amide bonds. The van der Waals surface area contributed by atoms with Crippen LogP contribution in [0.5, 0.6) is 5.75 Å². The first kappa shape index (κ1) is 25.3. The van der Waals surface area contributed by atoms with Crippen LogP contribution in [0.2, 0.25) is 0 Å². The van der Waals surface area contributed by atoms with Crippen LogP contribution in [0.1, 0.15) is 62.1 Å². The third-order valence-corrected chi connectivity index (χ3v) is 6.88. The van der Waals surface area contributed by atoms with E-state index in [4.69, 9.17) is 4.74 Å². The summed E-state index contributed by atoms with van der Waals surface area (Å²) in [5.41, 5.74) is 2.50. The number of carbonyl (C=O) groups is 1. The molecule has 1 aliphatic heterocycles. The molecule has 170 valence electrons. The van der Waals surface area contributed by atoms with Crippen molar-refractivity contribution in [3.05, 3.63) is 29.3 Å². The van der Waals surface area contributed by atoms with Gasteiger partial charge in [-0.2, -0.15) is 0 Å². The molecular formula is C23H37Cl2N3O2. The summed E-state index contributed by atoms with van der Waals surface area (Å²) in [6, 6.07) is 7.11. The van der Waals surface area contributed by atoms with Gasteiger partial charge in [-0.15, -0.1) is 24.8 Å². The van der Waals surface area contributed by atoms with E-state index in [9.17, 15) is 4.79 Å². The van der Waals surface area contributed by atoms with E-state index >= 15 is 0 Å². The zero-order valence-corrected chi connectivity index (χ0v) is 19.7.